The van der Waals surface area contributed by atoms with Crippen LogP contribution < -0.4 is 10.6 Å². The summed E-state index contributed by atoms with van der Waals surface area (Å²) in [6.07, 6.45) is 7.61. The van der Waals surface area contributed by atoms with Crippen LogP contribution in [0.25, 0.3) is 0 Å². The van der Waals surface area contributed by atoms with Crippen molar-refractivity contribution < 1.29 is 4.79 Å². The van der Waals surface area contributed by atoms with E-state index >= 15 is 0 Å². The van der Waals surface area contributed by atoms with Crippen LogP contribution in [0.15, 0.2) is 18.2 Å². The fourth-order valence-corrected chi connectivity index (χ4v) is 2.54. The van der Waals surface area contributed by atoms with E-state index in [4.69, 9.17) is 11.6 Å². The maximum Gasteiger partial charge on any atom is 0.252 e. The van der Waals surface area contributed by atoms with Gasteiger partial charge in [-0.2, -0.15) is 0 Å². The van der Waals surface area contributed by atoms with E-state index in [9.17, 15) is 4.79 Å². The maximum atomic E-state index is 11.7. The van der Waals surface area contributed by atoms with Crippen molar-refractivity contribution in [3.8, 4) is 0 Å². The van der Waals surface area contributed by atoms with Crippen LogP contribution in [0.1, 0.15) is 62.7 Å². The molecule has 3 nitrogen and oxygen atoms in total. The van der Waals surface area contributed by atoms with E-state index in [1.165, 1.54) is 32.1 Å². The number of rotatable bonds is 9. The summed E-state index contributed by atoms with van der Waals surface area (Å²) in [5.41, 5.74) is 1.46. The molecule has 2 N–H and O–H groups in total. The van der Waals surface area contributed by atoms with Crippen molar-refractivity contribution in [1.82, 2.24) is 5.32 Å². The molecule has 0 aliphatic heterocycles. The molecular formula is C17H27ClN2O. The first-order valence-electron chi connectivity index (χ1n) is 7.86. The molecule has 0 radical (unpaired) electrons. The summed E-state index contributed by atoms with van der Waals surface area (Å²) in [6.45, 7) is 4.41. The van der Waals surface area contributed by atoms with Gasteiger partial charge in [0.1, 0.15) is 0 Å². The average Bonchev–Trinajstić information content (AvgIpc) is 2.48. The minimum Gasteiger partial charge on any atom is -0.383 e. The fourth-order valence-electron chi connectivity index (χ4n) is 2.33. The summed E-state index contributed by atoms with van der Waals surface area (Å²) >= 11 is 6.05. The second-order valence-electron chi connectivity index (χ2n) is 5.52. The Morgan fingerprint density at radius 3 is 2.62 bits per heavy atom. The number of anilines is 1. The SMILES string of the molecule is CCCCCCCC(C)Nc1ccc(Cl)c(C(=O)NC)c1. The van der Waals surface area contributed by atoms with Crippen LogP contribution in [0, 0.1) is 0 Å². The molecule has 0 fully saturated rings. The Labute approximate surface area is 133 Å². The first kappa shape index (κ1) is 17.8. The Morgan fingerprint density at radius 2 is 1.95 bits per heavy atom. The molecule has 0 spiro atoms. The van der Waals surface area contributed by atoms with Gasteiger partial charge in [0.2, 0.25) is 0 Å². The van der Waals surface area contributed by atoms with Gasteiger partial charge in [0.15, 0.2) is 0 Å². The molecule has 0 aliphatic rings. The van der Waals surface area contributed by atoms with Crippen LogP contribution in [-0.2, 0) is 0 Å². The highest BCUT2D eigenvalue weighted by molar-refractivity contribution is 6.34. The van der Waals surface area contributed by atoms with E-state index in [-0.39, 0.29) is 5.91 Å². The van der Waals surface area contributed by atoms with Crippen LogP contribution in [0.5, 0.6) is 0 Å². The Hall–Kier alpha value is -1.22. The Balaban J connectivity index is 2.48. The highest BCUT2D eigenvalue weighted by Gasteiger charge is 2.10. The van der Waals surface area contributed by atoms with Gasteiger partial charge in [-0.1, -0.05) is 50.6 Å². The molecule has 21 heavy (non-hydrogen) atoms. The molecule has 0 bridgehead atoms. The number of amides is 1. The molecule has 1 unspecified atom stereocenters. The number of benzene rings is 1. The van der Waals surface area contributed by atoms with Crippen LogP contribution in [0.4, 0.5) is 5.69 Å². The van der Waals surface area contributed by atoms with Gasteiger partial charge in [0, 0.05) is 18.8 Å². The normalized spacial score (nSPS) is 12.0. The van der Waals surface area contributed by atoms with Crippen LogP contribution in [0.2, 0.25) is 5.02 Å². The first-order chi connectivity index (χ1) is 10.1. The molecule has 1 rings (SSSR count). The van der Waals surface area contributed by atoms with Crippen molar-refractivity contribution >= 4 is 23.2 Å². The molecule has 4 heteroatoms. The largest absolute Gasteiger partial charge is 0.383 e. The molecule has 0 heterocycles. The number of unbranched alkanes of at least 4 members (excludes halogenated alkanes) is 4. The maximum absolute atomic E-state index is 11.7. The molecule has 1 aromatic rings. The van der Waals surface area contributed by atoms with Crippen LogP contribution >= 0.6 is 11.6 Å². The Bertz CT molecular complexity index is 448. The van der Waals surface area contributed by atoms with Gasteiger partial charge in [-0.05, 0) is 31.5 Å². The van der Waals surface area contributed by atoms with Gasteiger partial charge in [-0.15, -0.1) is 0 Å². The predicted molar refractivity (Wildman–Crippen MR) is 91.3 cm³/mol. The predicted octanol–water partition coefficient (Wildman–Crippen LogP) is 4.86. The number of halogens is 1. The fraction of sp³-hybridized carbons (Fsp3) is 0.588. The van der Waals surface area contributed by atoms with Gasteiger partial charge in [0.25, 0.3) is 5.91 Å². The van der Waals surface area contributed by atoms with Crippen molar-refractivity contribution in [3.05, 3.63) is 28.8 Å². The monoisotopic (exact) mass is 310 g/mol. The van der Waals surface area contributed by atoms with Crippen molar-refractivity contribution in [2.75, 3.05) is 12.4 Å². The van der Waals surface area contributed by atoms with Crippen molar-refractivity contribution in [2.45, 2.75) is 58.4 Å². The zero-order chi connectivity index (χ0) is 15.7. The second kappa shape index (κ2) is 9.67. The molecular weight excluding hydrogens is 284 g/mol. The zero-order valence-electron chi connectivity index (χ0n) is 13.3. The summed E-state index contributed by atoms with van der Waals surface area (Å²) in [6, 6.07) is 5.89. The van der Waals surface area contributed by atoms with E-state index in [0.29, 0.717) is 16.6 Å². The number of hydrogen-bond acceptors (Lipinski definition) is 2. The second-order valence-corrected chi connectivity index (χ2v) is 5.93. The van der Waals surface area contributed by atoms with Gasteiger partial charge < -0.3 is 10.6 Å². The lowest BCUT2D eigenvalue weighted by molar-refractivity contribution is 0.0963. The third kappa shape index (κ3) is 6.38. The van der Waals surface area contributed by atoms with Gasteiger partial charge >= 0.3 is 0 Å². The lowest BCUT2D eigenvalue weighted by atomic mass is 10.1. The van der Waals surface area contributed by atoms with E-state index in [0.717, 1.165) is 12.1 Å². The lowest BCUT2D eigenvalue weighted by Crippen LogP contribution is -2.19. The van der Waals surface area contributed by atoms with Crippen molar-refractivity contribution in [3.63, 3.8) is 0 Å². The van der Waals surface area contributed by atoms with Crippen LogP contribution in [0.3, 0.4) is 0 Å². The van der Waals surface area contributed by atoms with Gasteiger partial charge in [-0.25, -0.2) is 0 Å². The summed E-state index contributed by atoms with van der Waals surface area (Å²) in [7, 11) is 1.61. The molecule has 0 aromatic heterocycles. The standard InChI is InChI=1S/C17H27ClN2O/c1-4-5-6-7-8-9-13(2)20-14-10-11-16(18)15(12-14)17(21)19-3/h10-13,20H,4-9H2,1-3H3,(H,19,21). The Morgan fingerprint density at radius 1 is 1.24 bits per heavy atom. The van der Waals surface area contributed by atoms with E-state index in [2.05, 4.69) is 24.5 Å². The number of hydrogen-bond donors (Lipinski definition) is 2. The van der Waals surface area contributed by atoms with E-state index in [1.54, 1.807) is 13.1 Å². The quantitative estimate of drug-likeness (QED) is 0.639. The average molecular weight is 311 g/mol. The molecule has 0 aliphatic carbocycles. The third-order valence-corrected chi connectivity index (χ3v) is 3.92. The summed E-state index contributed by atoms with van der Waals surface area (Å²) in [5.74, 6) is -0.157. The van der Waals surface area contributed by atoms with Crippen molar-refractivity contribution in [1.29, 1.82) is 0 Å². The van der Waals surface area contributed by atoms with E-state index < -0.39 is 0 Å². The minimum atomic E-state index is -0.157. The Kier molecular flexibility index (Phi) is 8.21. The summed E-state index contributed by atoms with van der Waals surface area (Å²) in [4.78, 5) is 11.7. The lowest BCUT2D eigenvalue weighted by Gasteiger charge is -2.16. The highest BCUT2D eigenvalue weighted by atomic mass is 35.5. The van der Waals surface area contributed by atoms with Gasteiger partial charge in [0.05, 0.1) is 10.6 Å². The number of carbonyl (C=O) groups excluding carboxylic acids is 1. The third-order valence-electron chi connectivity index (χ3n) is 3.59. The highest BCUT2D eigenvalue weighted by Crippen LogP contribution is 2.21. The zero-order valence-corrected chi connectivity index (χ0v) is 14.1. The van der Waals surface area contributed by atoms with E-state index in [1.807, 2.05) is 12.1 Å². The van der Waals surface area contributed by atoms with Crippen molar-refractivity contribution in [2.24, 2.45) is 0 Å². The smallest absolute Gasteiger partial charge is 0.252 e. The molecule has 0 saturated heterocycles. The number of carbonyl (C=O) groups is 1. The number of nitrogens with one attached hydrogen (secondary N) is 2. The first-order valence-corrected chi connectivity index (χ1v) is 8.24. The summed E-state index contributed by atoms with van der Waals surface area (Å²) in [5, 5.41) is 6.52. The van der Waals surface area contributed by atoms with Gasteiger partial charge in [-0.3, -0.25) is 4.79 Å². The minimum absolute atomic E-state index is 0.157. The van der Waals surface area contributed by atoms with Crippen LogP contribution in [-0.4, -0.2) is 19.0 Å². The topological polar surface area (TPSA) is 41.1 Å². The molecule has 1 amide bonds. The summed E-state index contributed by atoms with van der Waals surface area (Å²) < 4.78 is 0. The molecule has 1 atom stereocenters. The molecule has 0 saturated carbocycles. The molecule has 1 aromatic carbocycles. The molecule has 118 valence electrons.